The monoisotopic (exact) mass is 448 g/mol. The fraction of sp³-hybridized carbons (Fsp3) is 0.120. The predicted octanol–water partition coefficient (Wildman–Crippen LogP) is 4.60. The zero-order valence-electron chi connectivity index (χ0n) is 18.4. The zero-order valence-corrected chi connectivity index (χ0v) is 18.4. The van der Waals surface area contributed by atoms with Crippen molar-refractivity contribution < 1.29 is 29.4 Å². The summed E-state index contributed by atoms with van der Waals surface area (Å²) in [5, 5.41) is 34.5. The summed E-state index contributed by atoms with van der Waals surface area (Å²) in [4.78, 5) is 12.7. The van der Waals surface area contributed by atoms with E-state index in [-0.39, 0.29) is 28.4 Å². The minimum atomic E-state index is -0.521. The second-order valence-corrected chi connectivity index (χ2v) is 6.91. The molecule has 0 atom stereocenters. The lowest BCUT2D eigenvalue weighted by molar-refractivity contribution is 0.102. The van der Waals surface area contributed by atoms with E-state index in [0.717, 1.165) is 18.7 Å². The number of aromatic nitrogens is 1. The van der Waals surface area contributed by atoms with E-state index in [1.54, 1.807) is 50.4 Å². The summed E-state index contributed by atoms with van der Waals surface area (Å²) in [7, 11) is 2.58. The average Bonchev–Trinajstić information content (AvgIpc) is 3.22. The molecule has 1 aromatic heterocycles. The summed E-state index contributed by atoms with van der Waals surface area (Å²) in [6, 6.07) is 18.7. The van der Waals surface area contributed by atoms with Crippen molar-refractivity contribution in [3.8, 4) is 39.7 Å². The number of aromatic hydroxyl groups is 2. The number of phenolic OH excluding ortho intramolecular Hbond substituents is 2. The van der Waals surface area contributed by atoms with Gasteiger partial charge in [-0.25, -0.2) is 0 Å². The highest BCUT2D eigenvalue weighted by atomic mass is 16.5. The molecule has 4 rings (SSSR count). The minimum absolute atomic E-state index is 0.00797. The van der Waals surface area contributed by atoms with E-state index in [1.165, 1.54) is 6.07 Å². The van der Waals surface area contributed by atoms with Gasteiger partial charge in [0.25, 0.3) is 5.91 Å². The standard InChI is InChI=1S/C24H20N2O5.CH4O/c1-14-22(15-8-10-17(30-2)11-9-15)23(31-26-14)18-12-19(21(28)13-20(18)27)24(29)25-16-6-4-3-5-7-16;1-2/h3-13,27-28H,1-2H3,(H,25,29);2H,1H3. The highest BCUT2D eigenvalue weighted by molar-refractivity contribution is 6.07. The van der Waals surface area contributed by atoms with Gasteiger partial charge in [0, 0.05) is 18.9 Å². The zero-order chi connectivity index (χ0) is 24.0. The normalized spacial score (nSPS) is 10.2. The molecular formula is C25H24N2O6. The lowest BCUT2D eigenvalue weighted by Gasteiger charge is -2.11. The molecule has 0 aliphatic carbocycles. The SMILES string of the molecule is CO.COc1ccc(-c2c(C)noc2-c2cc(C(=O)Nc3ccccc3)c(O)cc2O)cc1. The molecule has 170 valence electrons. The number of nitrogens with zero attached hydrogens (tertiary/aromatic N) is 1. The smallest absolute Gasteiger partial charge is 0.259 e. The van der Waals surface area contributed by atoms with E-state index in [2.05, 4.69) is 10.5 Å². The van der Waals surface area contributed by atoms with Gasteiger partial charge in [0.2, 0.25) is 0 Å². The molecule has 0 radical (unpaired) electrons. The fourth-order valence-electron chi connectivity index (χ4n) is 3.31. The Morgan fingerprint density at radius 2 is 1.64 bits per heavy atom. The molecule has 1 amide bonds. The van der Waals surface area contributed by atoms with Crippen LogP contribution in [0.4, 0.5) is 5.69 Å². The molecule has 1 heterocycles. The Labute approximate surface area is 190 Å². The first-order valence-corrected chi connectivity index (χ1v) is 9.96. The van der Waals surface area contributed by atoms with Crippen molar-refractivity contribution in [2.24, 2.45) is 0 Å². The minimum Gasteiger partial charge on any atom is -0.507 e. The van der Waals surface area contributed by atoms with Crippen LogP contribution in [0.5, 0.6) is 17.2 Å². The molecule has 4 N–H and O–H groups in total. The number of aryl methyl sites for hydroxylation is 1. The Morgan fingerprint density at radius 3 is 2.27 bits per heavy atom. The number of ether oxygens (including phenoxy) is 1. The highest BCUT2D eigenvalue weighted by Gasteiger charge is 2.23. The number of carbonyl (C=O) groups excluding carboxylic acids is 1. The highest BCUT2D eigenvalue weighted by Crippen LogP contribution is 2.41. The van der Waals surface area contributed by atoms with E-state index in [9.17, 15) is 15.0 Å². The third kappa shape index (κ3) is 4.97. The van der Waals surface area contributed by atoms with E-state index in [1.807, 2.05) is 18.2 Å². The van der Waals surface area contributed by atoms with Crippen molar-refractivity contribution in [1.29, 1.82) is 0 Å². The van der Waals surface area contributed by atoms with E-state index < -0.39 is 5.91 Å². The molecule has 0 bridgehead atoms. The molecule has 33 heavy (non-hydrogen) atoms. The van der Waals surface area contributed by atoms with Gasteiger partial charge in [-0.05, 0) is 42.8 Å². The van der Waals surface area contributed by atoms with Crippen LogP contribution < -0.4 is 10.1 Å². The third-order valence-electron chi connectivity index (χ3n) is 4.88. The maximum atomic E-state index is 12.7. The summed E-state index contributed by atoms with van der Waals surface area (Å²) in [5.74, 6) is -0.121. The van der Waals surface area contributed by atoms with Crippen molar-refractivity contribution in [1.82, 2.24) is 5.16 Å². The summed E-state index contributed by atoms with van der Waals surface area (Å²) in [5.41, 5.74) is 2.89. The molecule has 8 nitrogen and oxygen atoms in total. The number of aliphatic hydroxyl groups is 1. The van der Waals surface area contributed by atoms with Crippen LogP contribution in [-0.2, 0) is 0 Å². The van der Waals surface area contributed by atoms with Crippen LogP contribution >= 0.6 is 0 Å². The van der Waals surface area contributed by atoms with Gasteiger partial charge in [-0.1, -0.05) is 35.5 Å². The Hall–Kier alpha value is -4.30. The number of phenols is 2. The summed E-state index contributed by atoms with van der Waals surface area (Å²) in [6.07, 6.45) is 0. The van der Waals surface area contributed by atoms with Gasteiger partial charge in [0.1, 0.15) is 17.2 Å². The number of anilines is 1. The lowest BCUT2D eigenvalue weighted by Crippen LogP contribution is -2.12. The topological polar surface area (TPSA) is 125 Å². The summed E-state index contributed by atoms with van der Waals surface area (Å²) in [6.45, 7) is 1.78. The molecule has 0 fully saturated rings. The van der Waals surface area contributed by atoms with Crippen molar-refractivity contribution in [3.05, 3.63) is 78.0 Å². The number of aliphatic hydroxyl groups excluding tert-OH is 1. The molecule has 0 aliphatic rings. The first kappa shape index (κ1) is 23.4. The number of rotatable bonds is 5. The van der Waals surface area contributed by atoms with Gasteiger partial charge in [0.05, 0.1) is 29.5 Å². The first-order valence-electron chi connectivity index (χ1n) is 9.96. The van der Waals surface area contributed by atoms with Crippen LogP contribution in [0.1, 0.15) is 16.1 Å². The maximum Gasteiger partial charge on any atom is 0.259 e. The van der Waals surface area contributed by atoms with Gasteiger partial charge < -0.3 is 29.9 Å². The lowest BCUT2D eigenvalue weighted by atomic mass is 9.97. The van der Waals surface area contributed by atoms with Crippen LogP contribution in [0.15, 0.2) is 71.3 Å². The van der Waals surface area contributed by atoms with Gasteiger partial charge in [0.15, 0.2) is 5.76 Å². The quantitative estimate of drug-likeness (QED) is 0.352. The van der Waals surface area contributed by atoms with Crippen LogP contribution in [0.3, 0.4) is 0 Å². The van der Waals surface area contributed by atoms with Crippen LogP contribution in [-0.4, -0.2) is 40.6 Å². The number of methoxy groups -OCH3 is 1. The van der Waals surface area contributed by atoms with E-state index in [0.29, 0.717) is 22.7 Å². The predicted molar refractivity (Wildman–Crippen MR) is 125 cm³/mol. The van der Waals surface area contributed by atoms with Crippen LogP contribution in [0.2, 0.25) is 0 Å². The maximum absolute atomic E-state index is 12.7. The Kier molecular flexibility index (Phi) is 7.32. The number of carbonyl (C=O) groups is 1. The molecular weight excluding hydrogens is 424 g/mol. The summed E-state index contributed by atoms with van der Waals surface area (Å²) < 4.78 is 10.7. The van der Waals surface area contributed by atoms with Crippen molar-refractivity contribution in [2.45, 2.75) is 6.92 Å². The number of hydrogen-bond acceptors (Lipinski definition) is 7. The molecule has 3 aromatic carbocycles. The number of para-hydroxylation sites is 1. The molecule has 0 spiro atoms. The molecule has 8 heteroatoms. The number of nitrogens with one attached hydrogen (secondary N) is 1. The third-order valence-corrected chi connectivity index (χ3v) is 4.88. The first-order chi connectivity index (χ1) is 16.0. The van der Waals surface area contributed by atoms with Gasteiger partial charge in [-0.3, -0.25) is 4.79 Å². The summed E-state index contributed by atoms with van der Waals surface area (Å²) >= 11 is 0. The Bertz CT molecular complexity index is 1230. The number of amides is 1. The van der Waals surface area contributed by atoms with Gasteiger partial charge >= 0.3 is 0 Å². The van der Waals surface area contributed by atoms with Crippen LogP contribution in [0, 0.1) is 6.92 Å². The molecule has 0 aliphatic heterocycles. The van der Waals surface area contributed by atoms with Crippen LogP contribution in [0.25, 0.3) is 22.5 Å². The number of hydrogen-bond donors (Lipinski definition) is 4. The Balaban J connectivity index is 0.00000149. The second kappa shape index (κ2) is 10.3. The Morgan fingerprint density at radius 1 is 0.970 bits per heavy atom. The van der Waals surface area contributed by atoms with Gasteiger partial charge in [-0.2, -0.15) is 0 Å². The van der Waals surface area contributed by atoms with E-state index >= 15 is 0 Å². The average molecular weight is 448 g/mol. The second-order valence-electron chi connectivity index (χ2n) is 6.91. The molecule has 4 aromatic rings. The fourth-order valence-corrected chi connectivity index (χ4v) is 3.31. The van der Waals surface area contributed by atoms with Crippen molar-refractivity contribution >= 4 is 11.6 Å². The van der Waals surface area contributed by atoms with Crippen molar-refractivity contribution in [2.75, 3.05) is 19.5 Å². The number of benzene rings is 3. The largest absolute Gasteiger partial charge is 0.507 e. The van der Waals surface area contributed by atoms with E-state index in [4.69, 9.17) is 14.4 Å². The van der Waals surface area contributed by atoms with Crippen molar-refractivity contribution in [3.63, 3.8) is 0 Å². The molecule has 0 saturated carbocycles. The van der Waals surface area contributed by atoms with Gasteiger partial charge in [-0.15, -0.1) is 0 Å². The molecule has 0 saturated heterocycles. The molecule has 0 unspecified atom stereocenters.